The first kappa shape index (κ1) is 26.0. The largest absolute Gasteiger partial charge is 0.462 e. The number of carbonyl (C=O) groups excluding carboxylic acids is 1. The molecule has 1 aliphatic rings. The highest BCUT2D eigenvalue weighted by Gasteiger charge is 2.33. The topological polar surface area (TPSA) is 102 Å². The Bertz CT molecular complexity index is 1530. The Balaban J connectivity index is 1.25. The molecule has 9 nitrogen and oxygen atoms in total. The van der Waals surface area contributed by atoms with Crippen LogP contribution in [0.1, 0.15) is 35.7 Å². The van der Waals surface area contributed by atoms with Crippen molar-refractivity contribution < 1.29 is 19.0 Å². The van der Waals surface area contributed by atoms with Crippen LogP contribution >= 0.6 is 11.6 Å². The number of benzene rings is 2. The van der Waals surface area contributed by atoms with Crippen LogP contribution in [0.2, 0.25) is 5.02 Å². The van der Waals surface area contributed by atoms with Crippen LogP contribution in [0, 0.1) is 5.82 Å². The van der Waals surface area contributed by atoms with Crippen LogP contribution in [0.4, 0.5) is 4.39 Å². The molecule has 0 atom stereocenters. The SMILES string of the molecule is CCOC(=O)c1ccc(CN2CCC(O)(Cn3cnc4c(cnn4-c4ccc(F)cc4)c3=O)CC2)c(Cl)c1. The third-order valence-corrected chi connectivity index (χ3v) is 7.19. The van der Waals surface area contributed by atoms with E-state index in [0.717, 1.165) is 5.56 Å². The van der Waals surface area contributed by atoms with E-state index in [9.17, 15) is 19.1 Å². The second kappa shape index (κ2) is 10.6. The van der Waals surface area contributed by atoms with E-state index in [0.29, 0.717) is 66.4 Å². The van der Waals surface area contributed by atoms with Gasteiger partial charge in [-0.25, -0.2) is 18.9 Å². The standard InChI is InChI=1S/C27H27ClFN5O4/c1-2-38-26(36)18-3-4-19(23(28)13-18)15-32-11-9-27(37,10-12-32)16-33-17-30-24-22(25(33)35)14-31-34(24)21-7-5-20(29)6-8-21/h3-8,13-14,17,37H,2,9-12,15-16H2,1H3. The number of fused-ring (bicyclic) bond motifs is 1. The number of ether oxygens (including phenoxy) is 1. The molecule has 2 aromatic carbocycles. The molecule has 0 bridgehead atoms. The highest BCUT2D eigenvalue weighted by Crippen LogP contribution is 2.27. The second-order valence-corrected chi connectivity index (χ2v) is 9.88. The average Bonchev–Trinajstić information content (AvgIpc) is 3.34. The number of hydrogen-bond donors (Lipinski definition) is 1. The lowest BCUT2D eigenvalue weighted by atomic mass is 9.91. The first-order valence-corrected chi connectivity index (χ1v) is 12.7. The lowest BCUT2D eigenvalue weighted by Gasteiger charge is -2.38. The summed E-state index contributed by atoms with van der Waals surface area (Å²) in [5.41, 5.74) is 0.883. The van der Waals surface area contributed by atoms with Crippen LogP contribution in [0.25, 0.3) is 16.7 Å². The minimum atomic E-state index is -1.07. The Hall–Kier alpha value is -3.60. The van der Waals surface area contributed by atoms with Crippen molar-refractivity contribution >= 4 is 28.6 Å². The van der Waals surface area contributed by atoms with E-state index in [4.69, 9.17) is 16.3 Å². The Kier molecular flexibility index (Phi) is 7.29. The van der Waals surface area contributed by atoms with Crippen LogP contribution in [0.5, 0.6) is 0 Å². The Morgan fingerprint density at radius 2 is 1.92 bits per heavy atom. The van der Waals surface area contributed by atoms with Crippen molar-refractivity contribution in [2.24, 2.45) is 0 Å². The fraction of sp³-hybridized carbons (Fsp3) is 0.333. The molecule has 0 radical (unpaired) electrons. The number of rotatable bonds is 7. The zero-order valence-electron chi connectivity index (χ0n) is 20.8. The molecular weight excluding hydrogens is 513 g/mol. The van der Waals surface area contributed by atoms with Crippen molar-refractivity contribution in [2.75, 3.05) is 19.7 Å². The number of nitrogens with zero attached hydrogens (tertiary/aromatic N) is 5. The molecule has 1 fully saturated rings. The van der Waals surface area contributed by atoms with Crippen LogP contribution < -0.4 is 5.56 Å². The molecule has 2 aromatic heterocycles. The highest BCUT2D eigenvalue weighted by atomic mass is 35.5. The van der Waals surface area contributed by atoms with Gasteiger partial charge in [0.05, 0.1) is 36.2 Å². The van der Waals surface area contributed by atoms with E-state index in [1.807, 2.05) is 6.07 Å². The molecule has 4 aromatic rings. The molecule has 198 valence electrons. The predicted octanol–water partition coefficient (Wildman–Crippen LogP) is 3.58. The summed E-state index contributed by atoms with van der Waals surface area (Å²) in [6.45, 7) is 3.96. The van der Waals surface area contributed by atoms with Gasteiger partial charge in [-0.15, -0.1) is 0 Å². The molecule has 0 aliphatic carbocycles. The molecule has 1 aliphatic heterocycles. The first-order chi connectivity index (χ1) is 18.3. The minimum absolute atomic E-state index is 0.110. The summed E-state index contributed by atoms with van der Waals surface area (Å²) in [4.78, 5) is 31.7. The number of likely N-dealkylation sites (tertiary alicyclic amines) is 1. The lowest BCUT2D eigenvalue weighted by molar-refractivity contribution is -0.0364. The predicted molar refractivity (Wildman–Crippen MR) is 140 cm³/mol. The Labute approximate surface area is 223 Å². The maximum Gasteiger partial charge on any atom is 0.338 e. The number of aromatic nitrogens is 4. The summed E-state index contributed by atoms with van der Waals surface area (Å²) in [6.07, 6.45) is 3.78. The summed E-state index contributed by atoms with van der Waals surface area (Å²) in [5.74, 6) is -0.774. The van der Waals surface area contributed by atoms with Gasteiger partial charge in [0.25, 0.3) is 5.56 Å². The van der Waals surface area contributed by atoms with Gasteiger partial charge in [-0.05, 0) is 61.7 Å². The van der Waals surface area contributed by atoms with Gasteiger partial charge in [0.1, 0.15) is 17.5 Å². The van der Waals surface area contributed by atoms with E-state index >= 15 is 0 Å². The molecule has 38 heavy (non-hydrogen) atoms. The Morgan fingerprint density at radius 1 is 1.18 bits per heavy atom. The fourth-order valence-corrected chi connectivity index (χ4v) is 4.93. The zero-order valence-corrected chi connectivity index (χ0v) is 21.6. The van der Waals surface area contributed by atoms with Crippen molar-refractivity contribution in [2.45, 2.75) is 38.5 Å². The van der Waals surface area contributed by atoms with E-state index in [1.165, 1.54) is 33.9 Å². The summed E-state index contributed by atoms with van der Waals surface area (Å²) >= 11 is 6.42. The van der Waals surface area contributed by atoms with Crippen LogP contribution in [-0.4, -0.2) is 60.6 Å². The molecule has 1 saturated heterocycles. The second-order valence-electron chi connectivity index (χ2n) is 9.47. The van der Waals surface area contributed by atoms with Gasteiger partial charge < -0.3 is 9.84 Å². The molecule has 0 saturated carbocycles. The van der Waals surface area contributed by atoms with E-state index in [1.54, 1.807) is 31.2 Å². The van der Waals surface area contributed by atoms with Crippen LogP contribution in [0.15, 0.2) is 59.8 Å². The normalized spacial score (nSPS) is 15.6. The number of carbonyl (C=O) groups is 1. The van der Waals surface area contributed by atoms with E-state index < -0.39 is 11.6 Å². The number of piperidine rings is 1. The monoisotopic (exact) mass is 539 g/mol. The average molecular weight is 540 g/mol. The van der Waals surface area contributed by atoms with E-state index in [2.05, 4.69) is 15.0 Å². The third-order valence-electron chi connectivity index (χ3n) is 6.84. The summed E-state index contributed by atoms with van der Waals surface area (Å²) in [5, 5.41) is 16.3. The maximum absolute atomic E-state index is 13.3. The maximum atomic E-state index is 13.3. The van der Waals surface area contributed by atoms with Gasteiger partial charge >= 0.3 is 5.97 Å². The van der Waals surface area contributed by atoms with E-state index in [-0.39, 0.29) is 17.9 Å². The summed E-state index contributed by atoms with van der Waals surface area (Å²) in [6, 6.07) is 10.9. The van der Waals surface area contributed by atoms with Gasteiger partial charge in [0.15, 0.2) is 5.65 Å². The molecule has 3 heterocycles. The van der Waals surface area contributed by atoms with Crippen LogP contribution in [0.3, 0.4) is 0 Å². The summed E-state index contributed by atoms with van der Waals surface area (Å²) in [7, 11) is 0. The van der Waals surface area contributed by atoms with Crippen molar-refractivity contribution in [1.82, 2.24) is 24.2 Å². The molecule has 0 unspecified atom stereocenters. The lowest BCUT2D eigenvalue weighted by Crippen LogP contribution is -2.47. The van der Waals surface area contributed by atoms with Gasteiger partial charge in [-0.2, -0.15) is 5.10 Å². The minimum Gasteiger partial charge on any atom is -0.462 e. The molecule has 11 heteroatoms. The molecular formula is C27H27ClFN5O4. The van der Waals surface area contributed by atoms with Crippen molar-refractivity contribution in [1.29, 1.82) is 0 Å². The molecule has 0 amide bonds. The van der Waals surface area contributed by atoms with Gasteiger partial charge in [-0.1, -0.05) is 17.7 Å². The number of aliphatic hydroxyl groups is 1. The molecule has 5 rings (SSSR count). The Morgan fingerprint density at radius 3 is 2.61 bits per heavy atom. The smallest absolute Gasteiger partial charge is 0.338 e. The first-order valence-electron chi connectivity index (χ1n) is 12.4. The number of hydrogen-bond acceptors (Lipinski definition) is 7. The number of halogens is 2. The third kappa shape index (κ3) is 5.33. The highest BCUT2D eigenvalue weighted by molar-refractivity contribution is 6.31. The van der Waals surface area contributed by atoms with Crippen molar-refractivity contribution in [3.05, 3.63) is 87.3 Å². The molecule has 1 N–H and O–H groups in total. The molecule has 0 spiro atoms. The van der Waals surface area contributed by atoms with Crippen LogP contribution in [-0.2, 0) is 17.8 Å². The fourth-order valence-electron chi connectivity index (χ4n) is 4.69. The van der Waals surface area contributed by atoms with Gasteiger partial charge in [0.2, 0.25) is 0 Å². The van der Waals surface area contributed by atoms with Gasteiger partial charge in [0, 0.05) is 24.7 Å². The summed E-state index contributed by atoms with van der Waals surface area (Å²) < 4.78 is 21.2. The van der Waals surface area contributed by atoms with Crippen molar-refractivity contribution in [3.63, 3.8) is 0 Å². The van der Waals surface area contributed by atoms with Crippen molar-refractivity contribution in [3.8, 4) is 5.69 Å². The quantitative estimate of drug-likeness (QED) is 0.358. The zero-order chi connectivity index (χ0) is 26.9. The number of esters is 1. The van der Waals surface area contributed by atoms with Gasteiger partial charge in [-0.3, -0.25) is 14.3 Å².